The third-order valence-electron chi connectivity index (χ3n) is 4.84. The molecule has 32 heavy (non-hydrogen) atoms. The molecule has 164 valence electrons. The number of aromatic amines is 1. The number of rotatable bonds is 6. The second kappa shape index (κ2) is 8.74. The molecule has 8 heteroatoms. The Bertz CT molecular complexity index is 1200. The van der Waals surface area contributed by atoms with Crippen LogP contribution in [0, 0.1) is 5.82 Å². The van der Waals surface area contributed by atoms with Crippen molar-refractivity contribution in [1.29, 1.82) is 0 Å². The first kappa shape index (κ1) is 21.4. The molecule has 1 aromatic heterocycles. The van der Waals surface area contributed by atoms with Crippen LogP contribution in [-0.4, -0.2) is 17.1 Å². The van der Waals surface area contributed by atoms with Crippen LogP contribution in [0.3, 0.4) is 0 Å². The lowest BCUT2D eigenvalue weighted by atomic mass is 10.1. The van der Waals surface area contributed by atoms with E-state index in [1.807, 2.05) is 0 Å². The van der Waals surface area contributed by atoms with Crippen molar-refractivity contribution in [2.45, 2.75) is 12.8 Å². The predicted molar refractivity (Wildman–Crippen MR) is 112 cm³/mol. The highest BCUT2D eigenvalue weighted by molar-refractivity contribution is 5.70. The highest BCUT2D eigenvalue weighted by Crippen LogP contribution is 2.34. The predicted octanol–water partition coefficient (Wildman–Crippen LogP) is 6.49. The van der Waals surface area contributed by atoms with Gasteiger partial charge in [0.25, 0.3) is 0 Å². The number of ether oxygens (including phenoxy) is 2. The number of alkyl halides is 3. The number of H-pyrrole nitrogens is 1. The minimum atomic E-state index is -4.37. The maximum atomic E-state index is 13.1. The molecule has 4 nitrogen and oxygen atoms in total. The molecule has 0 fully saturated rings. The first-order valence-corrected chi connectivity index (χ1v) is 9.62. The largest absolute Gasteiger partial charge is 0.496 e. The molecule has 1 N–H and O–H groups in total. The van der Waals surface area contributed by atoms with Gasteiger partial charge in [0.05, 0.1) is 24.6 Å². The van der Waals surface area contributed by atoms with Crippen LogP contribution in [0.2, 0.25) is 0 Å². The van der Waals surface area contributed by atoms with Gasteiger partial charge in [-0.15, -0.1) is 0 Å². The fraction of sp³-hybridized carbons (Fsp3) is 0.125. The summed E-state index contributed by atoms with van der Waals surface area (Å²) in [6, 6.07) is 16.0. The van der Waals surface area contributed by atoms with Gasteiger partial charge in [-0.25, -0.2) is 9.37 Å². The Morgan fingerprint density at radius 3 is 2.31 bits per heavy atom. The van der Waals surface area contributed by atoms with Gasteiger partial charge in [-0.3, -0.25) is 0 Å². The molecule has 0 spiro atoms. The zero-order valence-corrected chi connectivity index (χ0v) is 16.9. The van der Waals surface area contributed by atoms with E-state index in [1.165, 1.54) is 31.4 Å². The van der Waals surface area contributed by atoms with Gasteiger partial charge in [0.1, 0.15) is 29.7 Å². The molecule has 3 aromatic carbocycles. The smallest absolute Gasteiger partial charge is 0.416 e. The Hall–Kier alpha value is -3.81. The number of methoxy groups -OCH3 is 1. The second-order valence-electron chi connectivity index (χ2n) is 7.00. The molecule has 0 unspecified atom stereocenters. The lowest BCUT2D eigenvalue weighted by Crippen LogP contribution is -2.05. The van der Waals surface area contributed by atoms with Gasteiger partial charge in [-0.1, -0.05) is 12.1 Å². The maximum absolute atomic E-state index is 13.1. The summed E-state index contributed by atoms with van der Waals surface area (Å²) in [5.74, 6) is 1.30. The summed E-state index contributed by atoms with van der Waals surface area (Å²) in [5, 5.41) is 0. The summed E-state index contributed by atoms with van der Waals surface area (Å²) in [7, 11) is 1.52. The Labute approximate surface area is 181 Å². The molecule has 0 saturated heterocycles. The number of benzene rings is 3. The van der Waals surface area contributed by atoms with Crippen molar-refractivity contribution in [3.63, 3.8) is 0 Å². The van der Waals surface area contributed by atoms with Crippen LogP contribution in [0.25, 0.3) is 22.6 Å². The Morgan fingerprint density at radius 1 is 0.938 bits per heavy atom. The number of nitrogens with one attached hydrogen (secondary N) is 1. The average molecular weight is 442 g/mol. The maximum Gasteiger partial charge on any atom is 0.416 e. The third-order valence-corrected chi connectivity index (χ3v) is 4.84. The van der Waals surface area contributed by atoms with Crippen molar-refractivity contribution in [2.75, 3.05) is 7.11 Å². The molecule has 0 aliphatic rings. The number of halogens is 4. The van der Waals surface area contributed by atoms with E-state index in [2.05, 4.69) is 9.97 Å². The van der Waals surface area contributed by atoms with Crippen molar-refractivity contribution in [1.82, 2.24) is 9.97 Å². The number of hydrogen-bond donors (Lipinski definition) is 1. The second-order valence-corrected chi connectivity index (χ2v) is 7.00. The van der Waals surface area contributed by atoms with Gasteiger partial charge in [0.15, 0.2) is 0 Å². The van der Waals surface area contributed by atoms with Crippen LogP contribution >= 0.6 is 0 Å². The van der Waals surface area contributed by atoms with Gasteiger partial charge in [-0.05, 0) is 54.1 Å². The summed E-state index contributed by atoms with van der Waals surface area (Å²) >= 11 is 0. The molecule has 0 aliphatic heterocycles. The van der Waals surface area contributed by atoms with E-state index in [9.17, 15) is 17.6 Å². The molecule has 0 saturated carbocycles. The van der Waals surface area contributed by atoms with Crippen molar-refractivity contribution < 1.29 is 27.0 Å². The topological polar surface area (TPSA) is 47.1 Å². The normalized spacial score (nSPS) is 11.4. The van der Waals surface area contributed by atoms with Crippen LogP contribution in [0.1, 0.15) is 11.1 Å². The first-order valence-electron chi connectivity index (χ1n) is 9.62. The molecular weight excluding hydrogens is 424 g/mol. The van der Waals surface area contributed by atoms with E-state index in [1.54, 1.807) is 36.5 Å². The van der Waals surface area contributed by atoms with Gasteiger partial charge >= 0.3 is 6.18 Å². The van der Waals surface area contributed by atoms with E-state index in [0.717, 1.165) is 23.3 Å². The van der Waals surface area contributed by atoms with Crippen molar-refractivity contribution in [3.8, 4) is 34.1 Å². The van der Waals surface area contributed by atoms with Gasteiger partial charge in [-0.2, -0.15) is 13.2 Å². The molecular formula is C24H18F4N2O2. The van der Waals surface area contributed by atoms with Crippen LogP contribution in [0.4, 0.5) is 17.6 Å². The van der Waals surface area contributed by atoms with E-state index in [4.69, 9.17) is 9.47 Å². The molecule has 0 atom stereocenters. The van der Waals surface area contributed by atoms with Gasteiger partial charge in [0.2, 0.25) is 0 Å². The van der Waals surface area contributed by atoms with Crippen molar-refractivity contribution in [2.24, 2.45) is 0 Å². The average Bonchev–Trinajstić information content (AvgIpc) is 3.27. The fourth-order valence-corrected chi connectivity index (χ4v) is 3.15. The van der Waals surface area contributed by atoms with Crippen LogP contribution in [-0.2, 0) is 12.8 Å². The monoisotopic (exact) mass is 442 g/mol. The quantitative estimate of drug-likeness (QED) is 0.347. The van der Waals surface area contributed by atoms with Crippen LogP contribution < -0.4 is 9.47 Å². The SMILES string of the molecule is COc1cc(OCc2ccc(C(F)(F)F)cc2)ccc1-c1cnc(-c2ccc(F)cc2)[nH]1. The highest BCUT2D eigenvalue weighted by Gasteiger charge is 2.29. The Morgan fingerprint density at radius 2 is 1.66 bits per heavy atom. The number of nitrogens with zero attached hydrogens (tertiary/aromatic N) is 1. The summed E-state index contributed by atoms with van der Waals surface area (Å²) in [4.78, 5) is 7.53. The van der Waals surface area contributed by atoms with Crippen LogP contribution in [0.5, 0.6) is 11.5 Å². The molecule has 0 bridgehead atoms. The minimum absolute atomic E-state index is 0.111. The zero-order valence-electron chi connectivity index (χ0n) is 16.9. The Kier molecular flexibility index (Phi) is 5.85. The van der Waals surface area contributed by atoms with Crippen molar-refractivity contribution >= 4 is 0 Å². The van der Waals surface area contributed by atoms with E-state index in [-0.39, 0.29) is 12.4 Å². The summed E-state index contributed by atoms with van der Waals surface area (Å²) in [5.41, 5.74) is 2.10. The van der Waals surface area contributed by atoms with Crippen LogP contribution in [0.15, 0.2) is 72.9 Å². The van der Waals surface area contributed by atoms with Crippen molar-refractivity contribution in [3.05, 3.63) is 89.9 Å². The first-order chi connectivity index (χ1) is 15.3. The molecule has 0 amide bonds. The Balaban J connectivity index is 1.49. The lowest BCUT2D eigenvalue weighted by Gasteiger charge is -2.12. The van der Waals surface area contributed by atoms with Gasteiger partial charge in [0, 0.05) is 17.2 Å². The summed E-state index contributed by atoms with van der Waals surface area (Å²) < 4.78 is 62.4. The van der Waals surface area contributed by atoms with Gasteiger partial charge < -0.3 is 14.5 Å². The number of imidazole rings is 1. The van der Waals surface area contributed by atoms with E-state index < -0.39 is 11.7 Å². The lowest BCUT2D eigenvalue weighted by molar-refractivity contribution is -0.137. The number of hydrogen-bond acceptors (Lipinski definition) is 3. The molecule has 0 radical (unpaired) electrons. The summed E-state index contributed by atoms with van der Waals surface area (Å²) in [6.07, 6.45) is -2.72. The summed E-state index contributed by atoms with van der Waals surface area (Å²) in [6.45, 7) is 0.111. The van der Waals surface area contributed by atoms with E-state index >= 15 is 0 Å². The number of aromatic nitrogens is 2. The van der Waals surface area contributed by atoms with E-state index in [0.29, 0.717) is 28.6 Å². The molecule has 0 aliphatic carbocycles. The zero-order chi connectivity index (χ0) is 22.7. The minimum Gasteiger partial charge on any atom is -0.496 e. The fourth-order valence-electron chi connectivity index (χ4n) is 3.15. The molecule has 4 aromatic rings. The molecule has 4 rings (SSSR count). The standard InChI is InChI=1S/C24H18F4N2O2/c1-31-22-12-19(32-14-15-2-6-17(7-3-15)24(26,27)28)10-11-20(22)21-13-29-23(30-21)16-4-8-18(25)9-5-16/h2-13H,14H2,1H3,(H,29,30). The highest BCUT2D eigenvalue weighted by atomic mass is 19.4. The molecule has 1 heterocycles. The third kappa shape index (κ3) is 4.74.